The molecular weight excluding hydrogens is 1190 g/mol. The number of thiophene rings is 3. The van der Waals surface area contributed by atoms with Crippen molar-refractivity contribution in [1.82, 2.24) is 0 Å². The summed E-state index contributed by atoms with van der Waals surface area (Å²) < 4.78 is 20.3. The van der Waals surface area contributed by atoms with Gasteiger partial charge in [-0.1, -0.05) is 0 Å². The van der Waals surface area contributed by atoms with Gasteiger partial charge in [0.15, 0.2) is 0 Å². The van der Waals surface area contributed by atoms with Gasteiger partial charge in [-0.15, -0.1) is 0 Å². The zero-order valence-corrected chi connectivity index (χ0v) is 62.1. The molecular formula is C60H114N2S3Si4Sn2. The second-order valence-electron chi connectivity index (χ2n) is 26.1. The summed E-state index contributed by atoms with van der Waals surface area (Å²) in [7, 11) is -7.54. The Balaban J connectivity index is 2.03. The van der Waals surface area contributed by atoms with Crippen molar-refractivity contribution in [2.24, 2.45) is 0 Å². The summed E-state index contributed by atoms with van der Waals surface area (Å²) in [6, 6.07) is 11.9. The second kappa shape index (κ2) is 28.9. The van der Waals surface area contributed by atoms with Gasteiger partial charge in [0.1, 0.15) is 0 Å². The van der Waals surface area contributed by atoms with E-state index in [-0.39, 0.29) is 0 Å². The van der Waals surface area contributed by atoms with Gasteiger partial charge in [0.2, 0.25) is 0 Å². The van der Waals surface area contributed by atoms with E-state index in [9.17, 15) is 0 Å². The van der Waals surface area contributed by atoms with Gasteiger partial charge in [-0.05, 0) is 0 Å². The van der Waals surface area contributed by atoms with Crippen molar-refractivity contribution in [2.75, 3.05) is 8.46 Å². The molecule has 0 saturated carbocycles. The molecule has 2 aliphatic heterocycles. The summed E-state index contributed by atoms with van der Waals surface area (Å²) in [5.41, 5.74) is 7.26. The molecule has 0 amide bonds. The number of hydrogen-bond donors (Lipinski definition) is 0. The molecule has 2 aliphatic rings. The van der Waals surface area contributed by atoms with E-state index in [0.29, 0.717) is 0 Å². The van der Waals surface area contributed by atoms with Crippen molar-refractivity contribution in [3.8, 4) is 19.5 Å². The monoisotopic (exact) mass is 1310 g/mol. The van der Waals surface area contributed by atoms with Gasteiger partial charge in [0.25, 0.3) is 0 Å². The Labute approximate surface area is 467 Å². The Morgan fingerprint density at radius 1 is 0.352 bits per heavy atom. The van der Waals surface area contributed by atoms with Gasteiger partial charge in [-0.2, -0.15) is 0 Å². The van der Waals surface area contributed by atoms with Crippen LogP contribution in [-0.4, -0.2) is 69.7 Å². The van der Waals surface area contributed by atoms with Crippen molar-refractivity contribution in [3.05, 3.63) is 23.3 Å². The van der Waals surface area contributed by atoms with Gasteiger partial charge in [-0.3, -0.25) is 0 Å². The van der Waals surface area contributed by atoms with Gasteiger partial charge < -0.3 is 0 Å². The molecule has 71 heavy (non-hydrogen) atoms. The van der Waals surface area contributed by atoms with Crippen LogP contribution in [0.3, 0.4) is 0 Å². The van der Waals surface area contributed by atoms with Gasteiger partial charge in [0, 0.05) is 0 Å². The average molecular weight is 1310 g/mol. The summed E-state index contributed by atoms with van der Waals surface area (Å²) >= 11 is 1.80. The third-order valence-corrected chi connectivity index (χ3v) is 78.3. The molecule has 0 atom stereocenters. The van der Waals surface area contributed by atoms with E-state index in [2.05, 4.69) is 162 Å². The number of anilines is 2. The molecule has 2 bridgehead atoms. The molecule has 5 rings (SSSR count). The van der Waals surface area contributed by atoms with Crippen LogP contribution in [0.4, 0.5) is 11.4 Å². The Hall–Kier alpha value is 1.16. The molecule has 0 aromatic carbocycles. The van der Waals surface area contributed by atoms with Crippen LogP contribution in [0, 0.1) is 0 Å². The first-order valence-electron chi connectivity index (χ1n) is 30.9. The Kier molecular flexibility index (Phi) is 25.6. The number of hydrogen-bond acceptors (Lipinski definition) is 5. The first kappa shape index (κ1) is 63.0. The number of nitrogens with zero attached hydrogens (tertiary/aromatic N) is 2. The predicted molar refractivity (Wildman–Crippen MR) is 350 cm³/mol. The summed E-state index contributed by atoms with van der Waals surface area (Å²) in [6.07, 6.45) is 30.3. The number of unbranched alkanes of at least 4 members (excludes halogenated alkanes) is 12. The molecule has 11 heteroatoms. The van der Waals surface area contributed by atoms with E-state index in [1.807, 2.05) is 17.2 Å². The Bertz CT molecular complexity index is 1830. The van der Waals surface area contributed by atoms with E-state index < -0.39 is 69.7 Å². The van der Waals surface area contributed by atoms with E-state index in [1.54, 1.807) is 57.3 Å². The zero-order chi connectivity index (χ0) is 52.1. The standard InChI is InChI=1S/C36H60N2S3Si4.6C4H9.2Sn/c1-11-13-15-17-19-29-21-23-39-33(29)35-31-32(36(41-35)34-30(22-24-40-34)20-18-16-14-12-2)38-44(7,8)27-25-42(3,4)37(31)43(5,6)26-28-45(38,9)10;6*1-3-4-2;;/h21-22H,11-20,25-28H2,1-10H3;6*1,3-4H2,2H3;;. The van der Waals surface area contributed by atoms with Crippen LogP contribution in [0.25, 0.3) is 19.5 Å². The fourth-order valence-electron chi connectivity index (χ4n) is 13.9. The van der Waals surface area contributed by atoms with Crippen LogP contribution in [-0.2, 0) is 12.8 Å². The topological polar surface area (TPSA) is 6.48 Å². The second-order valence-corrected chi connectivity index (χ2v) is 76.7. The van der Waals surface area contributed by atoms with Crippen molar-refractivity contribution in [2.45, 2.75) is 300 Å². The maximum atomic E-state index is 3.44. The normalized spacial score (nSPS) is 17.6. The zero-order valence-electron chi connectivity index (χ0n) is 49.9. The average Bonchev–Trinajstić information content (AvgIpc) is 4.06. The molecule has 0 unspecified atom stereocenters. The van der Waals surface area contributed by atoms with Crippen molar-refractivity contribution >= 4 is 121 Å². The van der Waals surface area contributed by atoms with E-state index in [0.717, 1.165) is 0 Å². The van der Waals surface area contributed by atoms with Crippen molar-refractivity contribution < 1.29 is 0 Å². The van der Waals surface area contributed by atoms with Crippen LogP contribution < -0.4 is 14.2 Å². The minimum absolute atomic E-state index is 1.28. The quantitative estimate of drug-likeness (QED) is 0.0454. The maximum absolute atomic E-state index is 3.44. The SMILES string of the molecule is CCCCCCc1c[c]([Sn]([CH2]CCC)([CH2]CCC)[CH2]CCC)sc1-c1sc(-c2s[c]([Sn]([CH2]CCC)([CH2]CCC)[CH2]CCC)cc2CCCCCC)c2c1N1[Si](C)(C)CC[Si](C)(C)N2[Si](C)(C)CC[Si]1(C)C. The first-order chi connectivity index (χ1) is 33.8. The van der Waals surface area contributed by atoms with E-state index in [1.165, 1.54) is 165 Å². The molecule has 0 aliphatic carbocycles. The summed E-state index contributed by atoms with van der Waals surface area (Å²) in [5.74, 6) is 0. The fourth-order valence-corrected chi connectivity index (χ4v) is 85.0. The summed E-state index contributed by atoms with van der Waals surface area (Å²) in [6.45, 7) is 42.6. The molecule has 2 nitrogen and oxygen atoms in total. The van der Waals surface area contributed by atoms with Crippen LogP contribution in [0.5, 0.6) is 0 Å². The Morgan fingerprint density at radius 2 is 0.620 bits per heavy atom. The van der Waals surface area contributed by atoms with Crippen LogP contribution in [0.15, 0.2) is 12.1 Å². The fraction of sp³-hybridized carbons (Fsp3) is 0.800. The minimum atomic E-state index is -2.76. The Morgan fingerprint density at radius 3 is 0.873 bits per heavy atom. The van der Waals surface area contributed by atoms with Gasteiger partial charge in [0.05, 0.1) is 0 Å². The number of rotatable bonds is 32. The third kappa shape index (κ3) is 15.3. The van der Waals surface area contributed by atoms with Crippen LogP contribution >= 0.6 is 34.0 Å². The molecule has 0 N–H and O–H groups in total. The first-order valence-corrected chi connectivity index (χ1v) is 60.9. The van der Waals surface area contributed by atoms with Crippen LogP contribution in [0.1, 0.15) is 195 Å². The van der Waals surface area contributed by atoms with Crippen LogP contribution in [0.2, 0.25) is 103 Å². The molecule has 0 spiro atoms. The third-order valence-electron chi connectivity index (χ3n) is 18.2. The molecule has 3 aromatic heterocycles. The van der Waals surface area contributed by atoms with Gasteiger partial charge >= 0.3 is 472 Å². The predicted octanol–water partition coefficient (Wildman–Crippen LogP) is 22.0. The van der Waals surface area contributed by atoms with Crippen molar-refractivity contribution in [1.29, 1.82) is 0 Å². The summed E-state index contributed by atoms with van der Waals surface area (Å²) in [4.78, 5) is 7.15. The van der Waals surface area contributed by atoms with E-state index in [4.69, 9.17) is 0 Å². The molecule has 3 aromatic rings. The van der Waals surface area contributed by atoms with Gasteiger partial charge in [-0.25, -0.2) is 0 Å². The molecule has 0 radical (unpaired) electrons. The number of aryl methyl sites for hydroxylation is 2. The van der Waals surface area contributed by atoms with E-state index >= 15 is 0 Å². The summed E-state index contributed by atoms with van der Waals surface area (Å²) in [5, 5.41) is 0. The van der Waals surface area contributed by atoms with Crippen molar-refractivity contribution in [3.63, 3.8) is 0 Å². The molecule has 0 saturated heterocycles. The molecule has 0 fully saturated rings. The molecule has 406 valence electrons. The molecule has 5 heterocycles.